The molecule has 4 rings (SSSR count). The Morgan fingerprint density at radius 1 is 1.28 bits per heavy atom. The molecule has 0 saturated heterocycles. The summed E-state index contributed by atoms with van der Waals surface area (Å²) in [5.74, 6) is -2.27. The van der Waals surface area contributed by atoms with E-state index in [0.717, 1.165) is 45.4 Å². The van der Waals surface area contributed by atoms with Crippen molar-refractivity contribution in [2.24, 2.45) is 13.0 Å². The van der Waals surface area contributed by atoms with Gasteiger partial charge in [-0.25, -0.2) is 4.79 Å². The molecule has 3 heterocycles. The van der Waals surface area contributed by atoms with Crippen molar-refractivity contribution in [3.8, 4) is 0 Å². The van der Waals surface area contributed by atoms with Crippen LogP contribution in [-0.2, 0) is 29.7 Å². The largest absolute Gasteiger partial charge is 0.490 e. The van der Waals surface area contributed by atoms with Gasteiger partial charge in [0.05, 0.1) is 17.9 Å². The number of carboxylic acids is 1. The van der Waals surface area contributed by atoms with Gasteiger partial charge in [-0.2, -0.15) is 23.4 Å². The molecule has 1 atom stereocenters. The minimum atomic E-state index is -5.08. The van der Waals surface area contributed by atoms with Crippen LogP contribution in [0.3, 0.4) is 0 Å². The molecule has 12 heteroatoms. The fourth-order valence-electron chi connectivity index (χ4n) is 3.79. The highest BCUT2D eigenvalue weighted by molar-refractivity contribution is 5.79. The summed E-state index contributed by atoms with van der Waals surface area (Å²) >= 11 is 0. The molecule has 0 spiro atoms. The Kier molecular flexibility index (Phi) is 7.54. The minimum absolute atomic E-state index is 0.231. The summed E-state index contributed by atoms with van der Waals surface area (Å²) in [7, 11) is 1.95. The molecule has 1 aliphatic carbocycles. The quantitative estimate of drug-likeness (QED) is 0.690. The van der Waals surface area contributed by atoms with Crippen molar-refractivity contribution in [3.05, 3.63) is 35.9 Å². The number of nitrogens with one attached hydrogen (secondary N) is 1. The Morgan fingerprint density at radius 2 is 2.00 bits per heavy atom. The average molecular weight is 456 g/mol. The van der Waals surface area contributed by atoms with Gasteiger partial charge in [0.15, 0.2) is 0 Å². The first-order chi connectivity index (χ1) is 15.1. The van der Waals surface area contributed by atoms with Gasteiger partial charge >= 0.3 is 12.1 Å². The smallest absolute Gasteiger partial charge is 0.475 e. The third-order valence-corrected chi connectivity index (χ3v) is 5.61. The predicted molar refractivity (Wildman–Crippen MR) is 107 cm³/mol. The first-order valence-electron chi connectivity index (χ1n) is 10.4. The number of carboxylic acid groups (broad SMARTS) is 1. The van der Waals surface area contributed by atoms with Crippen LogP contribution >= 0.6 is 0 Å². The van der Waals surface area contributed by atoms with Gasteiger partial charge in [0.2, 0.25) is 5.91 Å². The zero-order valence-corrected chi connectivity index (χ0v) is 17.8. The zero-order chi connectivity index (χ0) is 23.3. The van der Waals surface area contributed by atoms with E-state index in [-0.39, 0.29) is 11.8 Å². The first kappa shape index (κ1) is 23.8. The van der Waals surface area contributed by atoms with E-state index in [1.54, 1.807) is 0 Å². The van der Waals surface area contributed by atoms with Gasteiger partial charge in [0.25, 0.3) is 0 Å². The number of carbonyl (C=O) groups is 2. The molecule has 1 unspecified atom stereocenters. The van der Waals surface area contributed by atoms with Crippen molar-refractivity contribution < 1.29 is 27.9 Å². The molecule has 1 aliphatic heterocycles. The lowest BCUT2D eigenvalue weighted by atomic mass is 9.85. The fraction of sp³-hybridized carbons (Fsp3) is 0.600. The third-order valence-electron chi connectivity index (χ3n) is 5.61. The van der Waals surface area contributed by atoms with Crippen molar-refractivity contribution in [1.82, 2.24) is 29.8 Å². The van der Waals surface area contributed by atoms with Crippen molar-refractivity contribution >= 4 is 11.9 Å². The highest BCUT2D eigenvalue weighted by Gasteiger charge is 2.38. The van der Waals surface area contributed by atoms with E-state index < -0.39 is 12.1 Å². The molecule has 2 N–H and O–H groups in total. The second kappa shape index (κ2) is 10.2. The Balaban J connectivity index is 0.000000360. The van der Waals surface area contributed by atoms with Crippen LogP contribution < -0.4 is 5.32 Å². The number of rotatable bonds is 6. The minimum Gasteiger partial charge on any atom is -0.475 e. The number of hydrogen-bond acceptors (Lipinski definition) is 5. The van der Waals surface area contributed by atoms with E-state index in [0.29, 0.717) is 6.04 Å². The van der Waals surface area contributed by atoms with Crippen LogP contribution in [0.15, 0.2) is 24.7 Å². The van der Waals surface area contributed by atoms with Gasteiger partial charge in [-0.3, -0.25) is 19.1 Å². The lowest BCUT2D eigenvalue weighted by Crippen LogP contribution is -2.40. The van der Waals surface area contributed by atoms with Crippen LogP contribution in [0.25, 0.3) is 0 Å². The highest BCUT2D eigenvalue weighted by atomic mass is 19.4. The number of hydrogen-bond donors (Lipinski definition) is 2. The molecule has 9 nitrogen and oxygen atoms in total. The molecule has 0 aromatic carbocycles. The normalized spacial score (nSPS) is 18.8. The van der Waals surface area contributed by atoms with Gasteiger partial charge in [-0.1, -0.05) is 6.42 Å². The molecule has 0 bridgehead atoms. The maximum Gasteiger partial charge on any atom is 0.490 e. The molecule has 176 valence electrons. The van der Waals surface area contributed by atoms with Crippen LogP contribution in [0.4, 0.5) is 13.2 Å². The monoisotopic (exact) mass is 456 g/mol. The van der Waals surface area contributed by atoms with Crippen LogP contribution in [0.2, 0.25) is 0 Å². The van der Waals surface area contributed by atoms with E-state index in [9.17, 15) is 18.0 Å². The average Bonchev–Trinajstić information content (AvgIpc) is 3.29. The van der Waals surface area contributed by atoms with Gasteiger partial charge in [0.1, 0.15) is 0 Å². The number of fused-ring (bicyclic) bond motifs is 1. The topological polar surface area (TPSA) is 105 Å². The van der Waals surface area contributed by atoms with Crippen molar-refractivity contribution in [1.29, 1.82) is 0 Å². The summed E-state index contributed by atoms with van der Waals surface area (Å²) in [5.41, 5.74) is 2.47. The number of aromatic nitrogens is 4. The molecule has 32 heavy (non-hydrogen) atoms. The van der Waals surface area contributed by atoms with Crippen LogP contribution in [0.1, 0.15) is 43.0 Å². The molecule has 2 aliphatic rings. The molecule has 1 fully saturated rings. The van der Waals surface area contributed by atoms with Gasteiger partial charge in [0, 0.05) is 57.1 Å². The molecule has 2 aromatic heterocycles. The maximum absolute atomic E-state index is 12.0. The highest BCUT2D eigenvalue weighted by Crippen LogP contribution is 2.27. The van der Waals surface area contributed by atoms with Gasteiger partial charge < -0.3 is 10.4 Å². The predicted octanol–water partition coefficient (Wildman–Crippen LogP) is 2.11. The molecule has 1 amide bonds. The Bertz CT molecular complexity index is 922. The summed E-state index contributed by atoms with van der Waals surface area (Å²) in [6.07, 6.45) is 5.01. The number of aliphatic carboxylic acids is 1. The van der Waals surface area contributed by atoms with Crippen LogP contribution in [0.5, 0.6) is 0 Å². The number of halogens is 3. The molecular weight excluding hydrogens is 429 g/mol. The lowest BCUT2D eigenvalue weighted by molar-refractivity contribution is -0.192. The summed E-state index contributed by atoms with van der Waals surface area (Å²) < 4.78 is 35.7. The number of aryl methyl sites for hydroxylation is 1. The van der Waals surface area contributed by atoms with Crippen molar-refractivity contribution in [2.75, 3.05) is 13.1 Å². The lowest BCUT2D eigenvalue weighted by Gasteiger charge is -2.34. The van der Waals surface area contributed by atoms with Crippen molar-refractivity contribution in [2.45, 2.75) is 51.0 Å². The summed E-state index contributed by atoms with van der Waals surface area (Å²) in [4.78, 5) is 23.3. The summed E-state index contributed by atoms with van der Waals surface area (Å²) in [6, 6.07) is 2.40. The Hall–Kier alpha value is -2.89. The van der Waals surface area contributed by atoms with E-state index >= 15 is 0 Å². The SMILES string of the molecule is Cn1cc(CN2Cc3ccnn3C(CCNC(=O)C3CCC3)C2)cn1.O=C(O)C(F)(F)F. The second-order valence-corrected chi connectivity index (χ2v) is 8.12. The Labute approximate surface area is 183 Å². The van der Waals surface area contributed by atoms with E-state index in [1.165, 1.54) is 17.7 Å². The number of carbonyl (C=O) groups excluding carboxylic acids is 1. The standard InChI is InChI=1S/C18H26N6O.C2HF3O2/c1-22-10-14(9-21-22)11-23-12-16(24-17(13-23)6-8-20-24)5-7-19-18(25)15-3-2-4-15;3-2(4,5)1(6)7/h6,8-10,15-16H,2-5,7,11-13H2,1H3,(H,19,25);(H,6,7). The maximum atomic E-state index is 12.0. The van der Waals surface area contributed by atoms with E-state index in [4.69, 9.17) is 9.90 Å². The van der Waals surface area contributed by atoms with Crippen LogP contribution in [0, 0.1) is 5.92 Å². The summed E-state index contributed by atoms with van der Waals surface area (Å²) in [5, 5.41) is 19.0. The number of amides is 1. The third kappa shape index (κ3) is 6.31. The molecule has 0 radical (unpaired) electrons. The molecule has 2 aromatic rings. The number of nitrogens with zero attached hydrogens (tertiary/aromatic N) is 5. The van der Waals surface area contributed by atoms with E-state index in [1.807, 2.05) is 24.1 Å². The molecular formula is C20H27F3N6O3. The zero-order valence-electron chi connectivity index (χ0n) is 17.8. The summed E-state index contributed by atoms with van der Waals surface area (Å²) in [6.45, 7) is 3.46. The van der Waals surface area contributed by atoms with Crippen LogP contribution in [-0.4, -0.2) is 60.7 Å². The Morgan fingerprint density at radius 3 is 2.56 bits per heavy atom. The molecule has 1 saturated carbocycles. The van der Waals surface area contributed by atoms with E-state index in [2.05, 4.69) is 37.4 Å². The second-order valence-electron chi connectivity index (χ2n) is 8.12. The number of alkyl halides is 3. The van der Waals surface area contributed by atoms with Gasteiger partial charge in [-0.15, -0.1) is 0 Å². The van der Waals surface area contributed by atoms with Gasteiger partial charge in [-0.05, 0) is 25.3 Å². The first-order valence-corrected chi connectivity index (χ1v) is 10.4. The van der Waals surface area contributed by atoms with Crippen molar-refractivity contribution in [3.63, 3.8) is 0 Å². The fourth-order valence-corrected chi connectivity index (χ4v) is 3.79.